The van der Waals surface area contributed by atoms with Crippen LogP contribution in [0.1, 0.15) is 19.4 Å². The molecule has 0 amide bonds. The van der Waals surface area contributed by atoms with Gasteiger partial charge in [0, 0.05) is 24.7 Å². The summed E-state index contributed by atoms with van der Waals surface area (Å²) in [5.41, 5.74) is 1.03. The van der Waals surface area contributed by atoms with Crippen LogP contribution in [0.2, 0.25) is 0 Å². The molecule has 0 spiro atoms. The lowest BCUT2D eigenvalue weighted by molar-refractivity contribution is 0.0177. The van der Waals surface area contributed by atoms with Crippen LogP contribution in [-0.4, -0.2) is 56.1 Å². The van der Waals surface area contributed by atoms with Crippen LogP contribution in [0, 0.1) is 0 Å². The van der Waals surface area contributed by atoms with Gasteiger partial charge in [0.05, 0.1) is 33.5 Å². The molecule has 1 aromatic rings. The van der Waals surface area contributed by atoms with E-state index in [1.54, 1.807) is 20.3 Å². The van der Waals surface area contributed by atoms with Crippen LogP contribution in [0.3, 0.4) is 0 Å². The van der Waals surface area contributed by atoms with Gasteiger partial charge >= 0.3 is 0 Å². The third-order valence-electron chi connectivity index (χ3n) is 3.58. The van der Waals surface area contributed by atoms with Crippen LogP contribution >= 0.6 is 0 Å². The summed E-state index contributed by atoms with van der Waals surface area (Å²) in [6.45, 7) is 9.73. The molecule has 0 saturated carbocycles. The largest absolute Gasteiger partial charge is 0.493 e. The summed E-state index contributed by atoms with van der Waals surface area (Å²) >= 11 is 0. The molecule has 1 rings (SSSR count). The molecule has 0 heterocycles. The molecule has 0 fully saturated rings. The molecule has 1 atom stereocenters. The second-order valence-electron chi connectivity index (χ2n) is 5.66. The number of rotatable bonds is 11. The molecule has 0 bridgehead atoms. The number of hydrogen-bond donors (Lipinski definition) is 1. The molecule has 5 heteroatoms. The van der Waals surface area contributed by atoms with Crippen molar-refractivity contribution in [3.05, 3.63) is 36.4 Å². The van der Waals surface area contributed by atoms with E-state index in [-0.39, 0.29) is 6.04 Å². The third kappa shape index (κ3) is 6.22. The van der Waals surface area contributed by atoms with Gasteiger partial charge in [-0.25, -0.2) is 0 Å². The Morgan fingerprint density at radius 1 is 1.26 bits per heavy atom. The Labute approximate surface area is 139 Å². The second-order valence-corrected chi connectivity index (χ2v) is 5.66. The number of para-hydroxylation sites is 1. The summed E-state index contributed by atoms with van der Waals surface area (Å²) in [6, 6.07) is 6.11. The van der Waals surface area contributed by atoms with E-state index in [1.807, 2.05) is 18.2 Å². The first-order chi connectivity index (χ1) is 11.0. The molecule has 1 aromatic carbocycles. The van der Waals surface area contributed by atoms with Crippen molar-refractivity contribution in [2.45, 2.75) is 32.5 Å². The van der Waals surface area contributed by atoms with Gasteiger partial charge in [-0.1, -0.05) is 18.2 Å². The zero-order valence-corrected chi connectivity index (χ0v) is 14.6. The minimum Gasteiger partial charge on any atom is -0.493 e. The lowest BCUT2D eigenvalue weighted by Gasteiger charge is -2.29. The Morgan fingerprint density at radius 2 is 2.00 bits per heavy atom. The second kappa shape index (κ2) is 10.3. The van der Waals surface area contributed by atoms with E-state index >= 15 is 0 Å². The molecule has 0 radical (unpaired) electrons. The van der Waals surface area contributed by atoms with Gasteiger partial charge < -0.3 is 19.3 Å². The predicted octanol–water partition coefficient (Wildman–Crippen LogP) is 2.48. The van der Waals surface area contributed by atoms with E-state index in [4.69, 9.17) is 14.2 Å². The average molecular weight is 323 g/mol. The summed E-state index contributed by atoms with van der Waals surface area (Å²) in [7, 11) is 3.27. The monoisotopic (exact) mass is 323 g/mol. The van der Waals surface area contributed by atoms with Crippen molar-refractivity contribution >= 4 is 0 Å². The van der Waals surface area contributed by atoms with E-state index in [2.05, 4.69) is 25.3 Å². The molecule has 130 valence electrons. The first-order valence-electron chi connectivity index (χ1n) is 7.84. The third-order valence-corrected chi connectivity index (χ3v) is 3.58. The summed E-state index contributed by atoms with van der Waals surface area (Å²) in [4.78, 5) is 2.18. The topological polar surface area (TPSA) is 51.2 Å². The number of aliphatic hydroxyl groups excluding tert-OH is 1. The zero-order chi connectivity index (χ0) is 17.2. The fourth-order valence-electron chi connectivity index (χ4n) is 2.37. The Bertz CT molecular complexity index is 476. The number of ether oxygens (including phenoxy) is 3. The summed E-state index contributed by atoms with van der Waals surface area (Å²) in [5, 5.41) is 10.1. The Hall–Kier alpha value is -1.56. The maximum absolute atomic E-state index is 10.1. The van der Waals surface area contributed by atoms with Gasteiger partial charge in [-0.3, -0.25) is 4.90 Å². The Morgan fingerprint density at radius 3 is 2.57 bits per heavy atom. The molecule has 0 aromatic heterocycles. The van der Waals surface area contributed by atoms with Crippen LogP contribution in [0.15, 0.2) is 30.9 Å². The van der Waals surface area contributed by atoms with E-state index in [1.165, 1.54) is 0 Å². The fraction of sp³-hybridized carbons (Fsp3) is 0.556. The van der Waals surface area contributed by atoms with Crippen molar-refractivity contribution in [1.29, 1.82) is 0 Å². The number of benzene rings is 1. The number of aliphatic hydroxyl groups is 1. The van der Waals surface area contributed by atoms with Crippen LogP contribution in [0.25, 0.3) is 0 Å². The maximum Gasteiger partial charge on any atom is 0.165 e. The minimum absolute atomic E-state index is 0.278. The van der Waals surface area contributed by atoms with Gasteiger partial charge in [-0.2, -0.15) is 0 Å². The van der Waals surface area contributed by atoms with E-state index in [9.17, 15) is 5.11 Å². The number of nitrogens with zero attached hydrogens (tertiary/aromatic N) is 1. The first kappa shape index (κ1) is 19.5. The quantitative estimate of drug-likeness (QED) is 0.501. The lowest BCUT2D eigenvalue weighted by atomic mass is 10.1. The normalized spacial score (nSPS) is 12.5. The van der Waals surface area contributed by atoms with E-state index in [0.29, 0.717) is 32.1 Å². The molecule has 0 aliphatic heterocycles. The first-order valence-corrected chi connectivity index (χ1v) is 7.84. The van der Waals surface area contributed by atoms with E-state index in [0.717, 1.165) is 11.3 Å². The molecular weight excluding hydrogens is 294 g/mol. The Balaban J connectivity index is 2.78. The number of methoxy groups -OCH3 is 2. The molecule has 5 nitrogen and oxygen atoms in total. The van der Waals surface area contributed by atoms with Crippen LogP contribution in [0.4, 0.5) is 0 Å². The average Bonchev–Trinajstić information content (AvgIpc) is 2.54. The highest BCUT2D eigenvalue weighted by Crippen LogP contribution is 2.31. The van der Waals surface area contributed by atoms with Crippen molar-refractivity contribution in [3.63, 3.8) is 0 Å². The molecule has 23 heavy (non-hydrogen) atoms. The molecule has 0 aliphatic rings. The molecular formula is C18H29NO4. The molecule has 1 unspecified atom stereocenters. The van der Waals surface area contributed by atoms with Gasteiger partial charge in [-0.05, 0) is 19.9 Å². The smallest absolute Gasteiger partial charge is 0.165 e. The summed E-state index contributed by atoms with van der Waals surface area (Å²) < 4.78 is 16.1. The molecule has 0 saturated heterocycles. The SMILES string of the molecule is C=CCOCC(O)CN(Cc1cccc(OC)c1OC)C(C)C. The lowest BCUT2D eigenvalue weighted by Crippen LogP contribution is -2.39. The van der Waals surface area contributed by atoms with Gasteiger partial charge in [0.1, 0.15) is 0 Å². The van der Waals surface area contributed by atoms with Crippen molar-refractivity contribution in [2.24, 2.45) is 0 Å². The maximum atomic E-state index is 10.1. The van der Waals surface area contributed by atoms with Gasteiger partial charge in [0.15, 0.2) is 11.5 Å². The van der Waals surface area contributed by atoms with Crippen LogP contribution < -0.4 is 9.47 Å². The molecule has 1 N–H and O–H groups in total. The number of hydrogen-bond acceptors (Lipinski definition) is 5. The minimum atomic E-state index is -0.547. The fourth-order valence-corrected chi connectivity index (χ4v) is 2.37. The molecule has 0 aliphatic carbocycles. The van der Waals surface area contributed by atoms with Gasteiger partial charge in [-0.15, -0.1) is 6.58 Å². The summed E-state index contributed by atoms with van der Waals surface area (Å²) in [5.74, 6) is 1.45. The highest BCUT2D eigenvalue weighted by atomic mass is 16.5. The van der Waals surface area contributed by atoms with Crippen LogP contribution in [0.5, 0.6) is 11.5 Å². The van der Waals surface area contributed by atoms with Crippen molar-refractivity contribution in [2.75, 3.05) is 34.0 Å². The highest BCUT2D eigenvalue weighted by molar-refractivity contribution is 5.46. The van der Waals surface area contributed by atoms with Crippen LogP contribution in [-0.2, 0) is 11.3 Å². The Kier molecular flexibility index (Phi) is 8.69. The van der Waals surface area contributed by atoms with Crippen molar-refractivity contribution in [3.8, 4) is 11.5 Å². The van der Waals surface area contributed by atoms with Crippen molar-refractivity contribution in [1.82, 2.24) is 4.90 Å². The predicted molar refractivity (Wildman–Crippen MR) is 92.1 cm³/mol. The van der Waals surface area contributed by atoms with Gasteiger partial charge in [0.2, 0.25) is 0 Å². The zero-order valence-electron chi connectivity index (χ0n) is 14.6. The van der Waals surface area contributed by atoms with E-state index < -0.39 is 6.10 Å². The van der Waals surface area contributed by atoms with Crippen molar-refractivity contribution < 1.29 is 19.3 Å². The van der Waals surface area contributed by atoms with Gasteiger partial charge in [0.25, 0.3) is 0 Å². The highest BCUT2D eigenvalue weighted by Gasteiger charge is 2.18. The summed E-state index contributed by atoms with van der Waals surface area (Å²) in [6.07, 6.45) is 1.13. The standard InChI is InChI=1S/C18H29NO4/c1-6-10-23-13-16(20)12-19(14(2)3)11-15-8-7-9-17(21-4)18(15)22-5/h6-9,14,16,20H,1,10-13H2,2-5H3.